The van der Waals surface area contributed by atoms with E-state index in [0.717, 1.165) is 17.5 Å². The number of Topliss-reactive ketones (excluding diaryl/α,β-unsaturated/α-hetero) is 1. The molecule has 3 nitrogen and oxygen atoms in total. The fourth-order valence-corrected chi connectivity index (χ4v) is 3.67. The molecule has 98 valence electrons. The number of ketones is 1. The van der Waals surface area contributed by atoms with Crippen molar-refractivity contribution in [1.29, 1.82) is 0 Å². The summed E-state index contributed by atoms with van der Waals surface area (Å²) < 4.78 is 5.50. The Morgan fingerprint density at radius 1 is 1.44 bits per heavy atom. The summed E-state index contributed by atoms with van der Waals surface area (Å²) in [6.45, 7) is 6.42. The van der Waals surface area contributed by atoms with Gasteiger partial charge in [0.1, 0.15) is 18.1 Å². The molecule has 1 aromatic rings. The van der Waals surface area contributed by atoms with E-state index < -0.39 is 6.10 Å². The number of hydrogen-bond donors (Lipinski definition) is 1. The highest BCUT2D eigenvalue weighted by Gasteiger charge is 2.45. The Labute approximate surface area is 107 Å². The quantitative estimate of drug-likeness (QED) is 0.829. The van der Waals surface area contributed by atoms with Crippen molar-refractivity contribution in [3.8, 4) is 0 Å². The number of rotatable bonds is 1. The van der Waals surface area contributed by atoms with Crippen LogP contribution in [0.1, 0.15) is 67.3 Å². The maximum absolute atomic E-state index is 12.1. The fraction of sp³-hybridized carbons (Fsp3) is 0.667. The lowest BCUT2D eigenvalue weighted by Crippen LogP contribution is -2.33. The largest absolute Gasteiger partial charge is 0.465 e. The van der Waals surface area contributed by atoms with Crippen LogP contribution in [0.25, 0.3) is 0 Å². The standard InChI is InChI=1S/C15H20O3/c1-7(2)9-5-12(16)11-6-18-15-13(11)10(9)4-8(3)14(15)17/h6-10,14,17H,4-5H2,1-3H3. The topological polar surface area (TPSA) is 50.4 Å². The Hall–Kier alpha value is -1.09. The van der Waals surface area contributed by atoms with E-state index in [0.29, 0.717) is 29.9 Å². The second-order valence-electron chi connectivity index (χ2n) is 6.23. The summed E-state index contributed by atoms with van der Waals surface area (Å²) in [7, 11) is 0. The van der Waals surface area contributed by atoms with E-state index in [2.05, 4.69) is 20.8 Å². The smallest absolute Gasteiger partial charge is 0.166 e. The Morgan fingerprint density at radius 3 is 2.83 bits per heavy atom. The van der Waals surface area contributed by atoms with E-state index >= 15 is 0 Å². The Balaban J connectivity index is 2.14. The van der Waals surface area contributed by atoms with Crippen LogP contribution in [0.2, 0.25) is 0 Å². The average Bonchev–Trinajstić information content (AvgIpc) is 2.75. The summed E-state index contributed by atoms with van der Waals surface area (Å²) >= 11 is 0. The summed E-state index contributed by atoms with van der Waals surface area (Å²) in [4.78, 5) is 12.1. The van der Waals surface area contributed by atoms with Crippen molar-refractivity contribution in [3.05, 3.63) is 23.2 Å². The van der Waals surface area contributed by atoms with Gasteiger partial charge in [0.05, 0.1) is 5.56 Å². The predicted octanol–water partition coefficient (Wildman–Crippen LogP) is 3.30. The van der Waals surface area contributed by atoms with Crippen molar-refractivity contribution in [1.82, 2.24) is 0 Å². The summed E-state index contributed by atoms with van der Waals surface area (Å²) in [5.74, 6) is 2.28. The van der Waals surface area contributed by atoms with Gasteiger partial charge in [0.15, 0.2) is 5.78 Å². The first-order valence-corrected chi connectivity index (χ1v) is 6.83. The molecular weight excluding hydrogens is 228 g/mol. The molecule has 0 amide bonds. The van der Waals surface area contributed by atoms with Gasteiger partial charge >= 0.3 is 0 Å². The third-order valence-electron chi connectivity index (χ3n) is 4.76. The van der Waals surface area contributed by atoms with Gasteiger partial charge in [-0.1, -0.05) is 20.8 Å². The molecule has 3 rings (SSSR count). The molecule has 0 aromatic carbocycles. The van der Waals surface area contributed by atoms with Crippen molar-refractivity contribution in [2.75, 3.05) is 0 Å². The maximum atomic E-state index is 12.1. The van der Waals surface area contributed by atoms with E-state index in [1.807, 2.05) is 0 Å². The lowest BCUT2D eigenvalue weighted by atomic mass is 9.64. The molecule has 0 bridgehead atoms. The summed E-state index contributed by atoms with van der Waals surface area (Å²) in [5, 5.41) is 10.2. The molecular formula is C15H20O3. The SMILES string of the molecule is CC(C)C1CC(=O)c2coc3c2C1CC(C)C3O. The zero-order valence-electron chi connectivity index (χ0n) is 11.1. The summed E-state index contributed by atoms with van der Waals surface area (Å²) in [5.41, 5.74) is 1.73. The van der Waals surface area contributed by atoms with Crippen molar-refractivity contribution in [2.24, 2.45) is 17.8 Å². The van der Waals surface area contributed by atoms with Crippen LogP contribution in [-0.4, -0.2) is 10.9 Å². The zero-order chi connectivity index (χ0) is 13.0. The molecule has 4 atom stereocenters. The van der Waals surface area contributed by atoms with Gasteiger partial charge in [-0.25, -0.2) is 0 Å². The highest BCUT2D eigenvalue weighted by atomic mass is 16.4. The Morgan fingerprint density at radius 2 is 2.17 bits per heavy atom. The first-order chi connectivity index (χ1) is 8.50. The Bertz CT molecular complexity index is 486. The molecule has 0 radical (unpaired) electrons. The van der Waals surface area contributed by atoms with Crippen molar-refractivity contribution < 1.29 is 14.3 Å². The van der Waals surface area contributed by atoms with Gasteiger partial charge in [0.2, 0.25) is 0 Å². The molecule has 1 heterocycles. The van der Waals surface area contributed by atoms with E-state index in [-0.39, 0.29) is 11.7 Å². The number of furan rings is 1. The molecule has 2 aliphatic rings. The molecule has 0 saturated heterocycles. The number of aliphatic hydroxyl groups is 1. The zero-order valence-corrected chi connectivity index (χ0v) is 11.1. The van der Waals surface area contributed by atoms with E-state index in [9.17, 15) is 9.90 Å². The lowest BCUT2D eigenvalue weighted by Gasteiger charge is -2.39. The molecule has 3 heteroatoms. The minimum atomic E-state index is -0.552. The van der Waals surface area contributed by atoms with E-state index in [4.69, 9.17) is 4.42 Å². The third kappa shape index (κ3) is 1.50. The van der Waals surface area contributed by atoms with Gasteiger partial charge in [-0.05, 0) is 30.1 Å². The average molecular weight is 248 g/mol. The number of hydrogen-bond acceptors (Lipinski definition) is 3. The fourth-order valence-electron chi connectivity index (χ4n) is 3.67. The third-order valence-corrected chi connectivity index (χ3v) is 4.76. The normalized spacial score (nSPS) is 34.8. The second kappa shape index (κ2) is 3.95. The first kappa shape index (κ1) is 12.0. The minimum absolute atomic E-state index is 0.178. The molecule has 18 heavy (non-hydrogen) atoms. The minimum Gasteiger partial charge on any atom is -0.465 e. The van der Waals surface area contributed by atoms with Gasteiger partial charge in [-0.3, -0.25) is 4.79 Å². The lowest BCUT2D eigenvalue weighted by molar-refractivity contribution is 0.0591. The second-order valence-corrected chi connectivity index (χ2v) is 6.23. The molecule has 0 fully saturated rings. The van der Waals surface area contributed by atoms with Gasteiger partial charge in [0, 0.05) is 12.0 Å². The van der Waals surface area contributed by atoms with Crippen LogP contribution in [0.4, 0.5) is 0 Å². The monoisotopic (exact) mass is 248 g/mol. The van der Waals surface area contributed by atoms with Gasteiger partial charge in [0.25, 0.3) is 0 Å². The Kier molecular flexibility index (Phi) is 2.63. The highest BCUT2D eigenvalue weighted by molar-refractivity contribution is 5.99. The highest BCUT2D eigenvalue weighted by Crippen LogP contribution is 2.52. The summed E-state index contributed by atoms with van der Waals surface area (Å²) in [6, 6.07) is 0. The summed E-state index contributed by atoms with van der Waals surface area (Å²) in [6.07, 6.45) is 2.58. The molecule has 0 saturated carbocycles. The maximum Gasteiger partial charge on any atom is 0.166 e. The van der Waals surface area contributed by atoms with Crippen molar-refractivity contribution in [3.63, 3.8) is 0 Å². The predicted molar refractivity (Wildman–Crippen MR) is 67.5 cm³/mol. The molecule has 4 unspecified atom stereocenters. The van der Waals surface area contributed by atoms with Gasteiger partial charge in [-0.2, -0.15) is 0 Å². The van der Waals surface area contributed by atoms with Crippen LogP contribution in [0, 0.1) is 17.8 Å². The van der Waals surface area contributed by atoms with Crippen LogP contribution in [0.3, 0.4) is 0 Å². The van der Waals surface area contributed by atoms with Crippen LogP contribution in [0.5, 0.6) is 0 Å². The van der Waals surface area contributed by atoms with E-state index in [1.54, 1.807) is 6.26 Å². The number of carbonyl (C=O) groups excluding carboxylic acids is 1. The molecule has 2 aliphatic carbocycles. The number of carbonyl (C=O) groups is 1. The van der Waals surface area contributed by atoms with Gasteiger partial charge in [-0.15, -0.1) is 0 Å². The number of aliphatic hydroxyl groups excluding tert-OH is 1. The molecule has 0 aliphatic heterocycles. The van der Waals surface area contributed by atoms with Crippen LogP contribution in [0.15, 0.2) is 10.7 Å². The van der Waals surface area contributed by atoms with E-state index in [1.165, 1.54) is 0 Å². The molecule has 1 N–H and O–H groups in total. The van der Waals surface area contributed by atoms with Crippen LogP contribution >= 0.6 is 0 Å². The van der Waals surface area contributed by atoms with Crippen LogP contribution in [-0.2, 0) is 0 Å². The van der Waals surface area contributed by atoms with Crippen molar-refractivity contribution >= 4 is 5.78 Å². The van der Waals surface area contributed by atoms with Gasteiger partial charge < -0.3 is 9.52 Å². The molecule has 1 aromatic heterocycles. The van der Waals surface area contributed by atoms with Crippen molar-refractivity contribution in [2.45, 2.75) is 45.6 Å². The first-order valence-electron chi connectivity index (χ1n) is 6.83. The molecule has 0 spiro atoms. The van der Waals surface area contributed by atoms with Crippen LogP contribution < -0.4 is 0 Å².